The second-order valence-corrected chi connectivity index (χ2v) is 6.49. The highest BCUT2D eigenvalue weighted by Crippen LogP contribution is 2.36. The van der Waals surface area contributed by atoms with Crippen molar-refractivity contribution < 1.29 is 4.79 Å². The molecule has 2 aromatic rings. The van der Waals surface area contributed by atoms with Crippen LogP contribution in [0.2, 0.25) is 0 Å². The van der Waals surface area contributed by atoms with Crippen LogP contribution in [0.1, 0.15) is 25.3 Å². The molecule has 6 heteroatoms. The molecule has 0 radical (unpaired) electrons. The molecule has 24 heavy (non-hydrogen) atoms. The molecule has 1 aliphatic carbocycles. The average Bonchev–Trinajstić information content (AvgIpc) is 3.40. The van der Waals surface area contributed by atoms with Gasteiger partial charge in [0, 0.05) is 37.9 Å². The normalized spacial score (nSPS) is 18.3. The van der Waals surface area contributed by atoms with E-state index in [1.807, 2.05) is 21.7 Å². The van der Waals surface area contributed by atoms with Gasteiger partial charge in [-0.15, -0.1) is 0 Å². The molecule has 0 spiro atoms. The molecule has 1 saturated carbocycles. The van der Waals surface area contributed by atoms with E-state index in [0.29, 0.717) is 6.04 Å². The summed E-state index contributed by atoms with van der Waals surface area (Å²) in [6.45, 7) is 3.36. The Bertz CT molecular complexity index is 694. The zero-order valence-electron chi connectivity index (χ0n) is 13.8. The van der Waals surface area contributed by atoms with Crippen molar-refractivity contribution in [1.82, 2.24) is 14.7 Å². The first kappa shape index (κ1) is 15.1. The van der Waals surface area contributed by atoms with Crippen LogP contribution >= 0.6 is 0 Å². The number of anilines is 2. The molecule has 2 heterocycles. The van der Waals surface area contributed by atoms with E-state index in [1.165, 1.54) is 5.69 Å². The molecule has 1 aliphatic heterocycles. The summed E-state index contributed by atoms with van der Waals surface area (Å²) in [4.78, 5) is 16.9. The number of nitrogens with zero attached hydrogens (tertiary/aromatic N) is 4. The minimum absolute atomic E-state index is 0.0210. The Kier molecular flexibility index (Phi) is 4.11. The molecule has 4 rings (SSSR count). The van der Waals surface area contributed by atoms with E-state index < -0.39 is 0 Å². The predicted molar refractivity (Wildman–Crippen MR) is 94.4 cm³/mol. The average molecular weight is 325 g/mol. The van der Waals surface area contributed by atoms with E-state index >= 15 is 0 Å². The van der Waals surface area contributed by atoms with Gasteiger partial charge in [-0.1, -0.05) is 18.2 Å². The number of nitrogens with one attached hydrogen (secondary N) is 1. The lowest BCUT2D eigenvalue weighted by Gasteiger charge is -2.24. The smallest absolute Gasteiger partial charge is 0.323 e. The van der Waals surface area contributed by atoms with E-state index in [4.69, 9.17) is 0 Å². The maximum atomic E-state index is 12.6. The molecule has 2 aliphatic rings. The zero-order chi connectivity index (χ0) is 16.4. The van der Waals surface area contributed by atoms with Crippen molar-refractivity contribution in [3.63, 3.8) is 0 Å². The van der Waals surface area contributed by atoms with Gasteiger partial charge in [0.05, 0.1) is 12.2 Å². The second-order valence-electron chi connectivity index (χ2n) is 6.49. The molecule has 126 valence electrons. The highest BCUT2D eigenvalue weighted by molar-refractivity contribution is 5.88. The lowest BCUT2D eigenvalue weighted by molar-refractivity contribution is 0.215. The number of rotatable bonds is 3. The van der Waals surface area contributed by atoms with E-state index in [1.54, 1.807) is 6.20 Å². The molecule has 1 aromatic carbocycles. The molecular formula is C18H23N5O. The van der Waals surface area contributed by atoms with E-state index in [2.05, 4.69) is 39.6 Å². The summed E-state index contributed by atoms with van der Waals surface area (Å²) >= 11 is 0. The third-order valence-corrected chi connectivity index (χ3v) is 4.70. The van der Waals surface area contributed by atoms with E-state index in [0.717, 1.165) is 51.3 Å². The fourth-order valence-corrected chi connectivity index (χ4v) is 3.23. The highest BCUT2D eigenvalue weighted by Gasteiger charge is 2.27. The maximum absolute atomic E-state index is 12.6. The van der Waals surface area contributed by atoms with Gasteiger partial charge in [0.15, 0.2) is 0 Å². The lowest BCUT2D eigenvalue weighted by Crippen LogP contribution is -2.38. The van der Waals surface area contributed by atoms with Crippen molar-refractivity contribution in [3.05, 3.63) is 42.6 Å². The number of carbonyl (C=O) groups excluding carboxylic acids is 1. The summed E-state index contributed by atoms with van der Waals surface area (Å²) in [6.07, 6.45) is 5.04. The summed E-state index contributed by atoms with van der Waals surface area (Å²) in [5, 5.41) is 7.35. The topological polar surface area (TPSA) is 53.4 Å². The van der Waals surface area contributed by atoms with E-state index in [-0.39, 0.29) is 6.03 Å². The summed E-state index contributed by atoms with van der Waals surface area (Å²) in [5.74, 6) is 0.812. The van der Waals surface area contributed by atoms with Crippen LogP contribution in [0.5, 0.6) is 0 Å². The number of hydrogen-bond donors (Lipinski definition) is 1. The van der Waals surface area contributed by atoms with Crippen molar-refractivity contribution in [3.8, 4) is 0 Å². The second kappa shape index (κ2) is 6.55. The molecule has 0 atom stereocenters. The summed E-state index contributed by atoms with van der Waals surface area (Å²) in [6, 6.07) is 12.7. The first-order chi connectivity index (χ1) is 11.8. The minimum Gasteiger partial charge on any atom is -0.370 e. The van der Waals surface area contributed by atoms with Crippen molar-refractivity contribution >= 4 is 17.5 Å². The number of amides is 2. The van der Waals surface area contributed by atoms with Crippen LogP contribution in [0, 0.1) is 0 Å². The van der Waals surface area contributed by atoms with Crippen LogP contribution in [0.3, 0.4) is 0 Å². The Hall–Kier alpha value is -2.50. The third kappa shape index (κ3) is 3.22. The summed E-state index contributed by atoms with van der Waals surface area (Å²) in [5.41, 5.74) is 1.23. The monoisotopic (exact) mass is 325 g/mol. The van der Waals surface area contributed by atoms with Gasteiger partial charge >= 0.3 is 6.03 Å². The van der Waals surface area contributed by atoms with Crippen LogP contribution in [0.25, 0.3) is 0 Å². The standard InChI is InChI=1S/C18H23N5O/c24-18(20-17-9-10-19-23(17)16-7-8-16)22-12-4-11-21(13-14-22)15-5-2-1-3-6-15/h1-3,5-6,9-10,16H,4,7-8,11-14H2,(H,20,24). The van der Waals surface area contributed by atoms with Gasteiger partial charge in [-0.3, -0.25) is 5.32 Å². The van der Waals surface area contributed by atoms with Gasteiger partial charge in [0.25, 0.3) is 0 Å². The van der Waals surface area contributed by atoms with Gasteiger partial charge in [0.2, 0.25) is 0 Å². The molecule has 0 bridgehead atoms. The number of urea groups is 1. The molecule has 1 saturated heterocycles. The zero-order valence-corrected chi connectivity index (χ0v) is 13.8. The van der Waals surface area contributed by atoms with Gasteiger partial charge in [-0.25, -0.2) is 9.48 Å². The van der Waals surface area contributed by atoms with Crippen molar-refractivity contribution in [2.45, 2.75) is 25.3 Å². The molecule has 6 nitrogen and oxygen atoms in total. The lowest BCUT2D eigenvalue weighted by atomic mass is 10.3. The molecule has 1 aromatic heterocycles. The Labute approximate surface area is 142 Å². The Morgan fingerprint density at radius 3 is 2.67 bits per heavy atom. The largest absolute Gasteiger partial charge is 0.370 e. The van der Waals surface area contributed by atoms with Crippen LogP contribution < -0.4 is 10.2 Å². The maximum Gasteiger partial charge on any atom is 0.323 e. The number of hydrogen-bond acceptors (Lipinski definition) is 3. The summed E-state index contributed by atoms with van der Waals surface area (Å²) in [7, 11) is 0. The summed E-state index contributed by atoms with van der Waals surface area (Å²) < 4.78 is 1.94. The van der Waals surface area contributed by atoms with Crippen LogP contribution in [0.15, 0.2) is 42.6 Å². The Balaban J connectivity index is 1.38. The Morgan fingerprint density at radius 1 is 1.04 bits per heavy atom. The number of aromatic nitrogens is 2. The van der Waals surface area contributed by atoms with Gasteiger partial charge < -0.3 is 9.80 Å². The third-order valence-electron chi connectivity index (χ3n) is 4.70. The Morgan fingerprint density at radius 2 is 1.88 bits per heavy atom. The van der Waals surface area contributed by atoms with Gasteiger partial charge in [-0.2, -0.15) is 5.10 Å². The number of benzene rings is 1. The van der Waals surface area contributed by atoms with Crippen LogP contribution in [-0.4, -0.2) is 46.9 Å². The van der Waals surface area contributed by atoms with E-state index in [9.17, 15) is 4.79 Å². The quantitative estimate of drug-likeness (QED) is 0.944. The van der Waals surface area contributed by atoms with Crippen molar-refractivity contribution in [1.29, 1.82) is 0 Å². The van der Waals surface area contributed by atoms with Gasteiger partial charge in [0.1, 0.15) is 5.82 Å². The van der Waals surface area contributed by atoms with Crippen molar-refractivity contribution in [2.24, 2.45) is 0 Å². The fourth-order valence-electron chi connectivity index (χ4n) is 3.23. The molecule has 2 amide bonds. The number of carbonyl (C=O) groups is 1. The first-order valence-electron chi connectivity index (χ1n) is 8.71. The first-order valence-corrected chi connectivity index (χ1v) is 8.71. The van der Waals surface area contributed by atoms with Crippen LogP contribution in [0.4, 0.5) is 16.3 Å². The van der Waals surface area contributed by atoms with Crippen LogP contribution in [-0.2, 0) is 0 Å². The minimum atomic E-state index is -0.0210. The molecule has 2 fully saturated rings. The fraction of sp³-hybridized carbons (Fsp3) is 0.444. The molecular weight excluding hydrogens is 302 g/mol. The van der Waals surface area contributed by atoms with Gasteiger partial charge in [-0.05, 0) is 31.4 Å². The highest BCUT2D eigenvalue weighted by atomic mass is 16.2. The number of para-hydroxylation sites is 1. The van der Waals surface area contributed by atoms with Crippen molar-refractivity contribution in [2.75, 3.05) is 36.4 Å². The SMILES string of the molecule is O=C(Nc1ccnn1C1CC1)N1CCCN(c2ccccc2)CC1. The molecule has 1 N–H and O–H groups in total. The predicted octanol–water partition coefficient (Wildman–Crippen LogP) is 2.96. The molecule has 0 unspecified atom stereocenters.